The minimum Gasteiger partial charge on any atom is -0.455 e. The molecular formula is C62H54N2O. The SMILES string of the molecule is C=Cc1c(/C=C\C)oc2c(-c3ccc4c(c3)C(C)(C)c3cc(N(c5ccc6c7ccccc7n(C)c6c5)c5cccc(C)c5-c5ccccc5C(C)CC)c5ccccc5c3-4)cccc12. The summed E-state index contributed by atoms with van der Waals surface area (Å²) in [5, 5.41) is 6.07. The van der Waals surface area contributed by atoms with Gasteiger partial charge in [-0.1, -0.05) is 162 Å². The highest BCUT2D eigenvalue weighted by Gasteiger charge is 2.39. The average Bonchev–Trinajstić information content (AvgIpc) is 3.92. The van der Waals surface area contributed by atoms with E-state index in [1.165, 1.54) is 88.5 Å². The quantitative estimate of drug-likeness (QED) is 0.144. The number of aromatic nitrogens is 1. The number of benzene rings is 8. The van der Waals surface area contributed by atoms with Gasteiger partial charge in [-0.05, 0) is 119 Å². The molecule has 2 aromatic heterocycles. The highest BCUT2D eigenvalue weighted by molar-refractivity contribution is 6.13. The number of furan rings is 1. The molecule has 0 saturated carbocycles. The van der Waals surface area contributed by atoms with Gasteiger partial charge >= 0.3 is 0 Å². The molecule has 0 radical (unpaired) electrons. The van der Waals surface area contributed by atoms with Crippen molar-refractivity contribution in [3.05, 3.63) is 198 Å². The lowest BCUT2D eigenvalue weighted by atomic mass is 9.80. The summed E-state index contributed by atoms with van der Waals surface area (Å²) in [6.07, 6.45) is 7.02. The highest BCUT2D eigenvalue weighted by atomic mass is 16.3. The topological polar surface area (TPSA) is 21.3 Å². The lowest BCUT2D eigenvalue weighted by Crippen LogP contribution is -2.17. The number of hydrogen-bond donors (Lipinski definition) is 0. The van der Waals surface area contributed by atoms with Gasteiger partial charge in [-0.15, -0.1) is 0 Å². The van der Waals surface area contributed by atoms with Crippen LogP contribution in [0.15, 0.2) is 169 Å². The second kappa shape index (κ2) is 15.4. The Morgan fingerprint density at radius 1 is 0.662 bits per heavy atom. The fraction of sp³-hybridized carbons (Fsp3) is 0.161. The summed E-state index contributed by atoms with van der Waals surface area (Å²) in [5.74, 6) is 1.24. The van der Waals surface area contributed by atoms with E-state index >= 15 is 0 Å². The van der Waals surface area contributed by atoms with Crippen molar-refractivity contribution in [2.45, 2.75) is 59.3 Å². The van der Waals surface area contributed by atoms with Crippen LogP contribution in [0.1, 0.15) is 80.5 Å². The van der Waals surface area contributed by atoms with E-state index in [0.717, 1.165) is 45.5 Å². The van der Waals surface area contributed by atoms with Crippen LogP contribution < -0.4 is 4.90 Å². The number of allylic oxidation sites excluding steroid dienone is 1. The van der Waals surface area contributed by atoms with Crippen LogP contribution in [0.5, 0.6) is 0 Å². The molecule has 0 amide bonds. The molecule has 10 aromatic rings. The maximum Gasteiger partial charge on any atom is 0.143 e. The van der Waals surface area contributed by atoms with Crippen LogP contribution in [-0.2, 0) is 12.5 Å². The molecule has 0 fully saturated rings. The summed E-state index contributed by atoms with van der Waals surface area (Å²) in [5.41, 5.74) is 20.1. The largest absolute Gasteiger partial charge is 0.455 e. The van der Waals surface area contributed by atoms with Crippen molar-refractivity contribution < 1.29 is 4.42 Å². The third-order valence-electron chi connectivity index (χ3n) is 14.5. The zero-order chi connectivity index (χ0) is 44.7. The van der Waals surface area contributed by atoms with Crippen molar-refractivity contribution in [3.63, 3.8) is 0 Å². The van der Waals surface area contributed by atoms with E-state index in [-0.39, 0.29) is 5.41 Å². The van der Waals surface area contributed by atoms with Crippen LogP contribution in [0.25, 0.3) is 89.1 Å². The fourth-order valence-electron chi connectivity index (χ4n) is 11.0. The standard InChI is InChI=1S/C62H54N2O/c1-9-20-58-42(11-3)50-28-19-27-44(61(50)65-58)40-31-33-51-52(35-40)62(6,7)53-37-57(46-24-13-15-26-49(46)60(51)53)64(41-32-34-47-45-23-16-17-29-54(45)63(8)56(47)36-41)55-30-18-21-39(5)59(55)48-25-14-12-22-43(48)38(4)10-2/h9,11-38H,3,10H2,1-2,4-8H3/b20-9-. The number of fused-ring (bicyclic) bond motifs is 9. The number of hydrogen-bond acceptors (Lipinski definition) is 2. The molecule has 0 spiro atoms. The molecule has 65 heavy (non-hydrogen) atoms. The van der Waals surface area contributed by atoms with Crippen LogP contribution in [-0.4, -0.2) is 4.57 Å². The Morgan fingerprint density at radius 3 is 2.17 bits per heavy atom. The van der Waals surface area contributed by atoms with E-state index < -0.39 is 0 Å². The van der Waals surface area contributed by atoms with Gasteiger partial charge in [0.05, 0.1) is 16.9 Å². The number of rotatable bonds is 9. The van der Waals surface area contributed by atoms with Crippen molar-refractivity contribution in [2.24, 2.45) is 7.05 Å². The second-order valence-electron chi connectivity index (χ2n) is 18.5. The molecule has 0 aliphatic heterocycles. The Hall–Kier alpha value is -7.36. The van der Waals surface area contributed by atoms with Gasteiger partial charge in [0.1, 0.15) is 11.3 Å². The molecule has 1 aliphatic rings. The maximum atomic E-state index is 6.60. The number of nitrogens with zero attached hydrogens (tertiary/aromatic N) is 2. The van der Waals surface area contributed by atoms with Crippen LogP contribution in [0.2, 0.25) is 0 Å². The molecule has 1 atom stereocenters. The van der Waals surface area contributed by atoms with Gasteiger partial charge in [0, 0.05) is 61.9 Å². The van der Waals surface area contributed by atoms with Crippen molar-refractivity contribution >= 4 is 72.8 Å². The Bertz CT molecular complexity index is 3590. The van der Waals surface area contributed by atoms with E-state index in [1.54, 1.807) is 0 Å². The lowest BCUT2D eigenvalue weighted by Gasteiger charge is -2.32. The van der Waals surface area contributed by atoms with Crippen molar-refractivity contribution in [1.82, 2.24) is 4.57 Å². The first-order valence-corrected chi connectivity index (χ1v) is 23.1. The third-order valence-corrected chi connectivity index (χ3v) is 14.5. The first-order valence-electron chi connectivity index (χ1n) is 23.1. The maximum absolute atomic E-state index is 6.60. The Labute approximate surface area is 382 Å². The minimum absolute atomic E-state index is 0.317. The summed E-state index contributed by atoms with van der Waals surface area (Å²) in [6.45, 7) is 17.9. The van der Waals surface area contributed by atoms with Crippen LogP contribution in [0.3, 0.4) is 0 Å². The molecular weight excluding hydrogens is 789 g/mol. The highest BCUT2D eigenvalue weighted by Crippen LogP contribution is 2.56. The van der Waals surface area contributed by atoms with Gasteiger partial charge in [-0.2, -0.15) is 0 Å². The van der Waals surface area contributed by atoms with E-state index in [4.69, 9.17) is 4.42 Å². The van der Waals surface area contributed by atoms with Crippen LogP contribution >= 0.6 is 0 Å². The number of aryl methyl sites for hydroxylation is 2. The van der Waals surface area contributed by atoms with Crippen LogP contribution in [0.4, 0.5) is 17.1 Å². The smallest absolute Gasteiger partial charge is 0.143 e. The molecule has 318 valence electrons. The summed E-state index contributed by atoms with van der Waals surface area (Å²) in [7, 11) is 2.20. The summed E-state index contributed by atoms with van der Waals surface area (Å²) >= 11 is 0. The van der Waals surface area contributed by atoms with Crippen molar-refractivity contribution in [2.75, 3.05) is 4.90 Å². The molecule has 1 unspecified atom stereocenters. The van der Waals surface area contributed by atoms with Gasteiger partial charge in [-0.3, -0.25) is 0 Å². The Morgan fingerprint density at radius 2 is 1.37 bits per heavy atom. The summed E-state index contributed by atoms with van der Waals surface area (Å²) < 4.78 is 8.95. The first-order chi connectivity index (χ1) is 31.6. The molecule has 8 aromatic carbocycles. The zero-order valence-corrected chi connectivity index (χ0v) is 38.5. The zero-order valence-electron chi connectivity index (χ0n) is 38.5. The minimum atomic E-state index is -0.317. The van der Waals surface area contributed by atoms with E-state index in [2.05, 4.69) is 209 Å². The molecule has 2 heterocycles. The Kier molecular flexibility index (Phi) is 9.59. The number of anilines is 3. The van der Waals surface area contributed by atoms with Gasteiger partial charge < -0.3 is 13.9 Å². The van der Waals surface area contributed by atoms with Gasteiger partial charge in [-0.25, -0.2) is 0 Å². The van der Waals surface area contributed by atoms with Gasteiger partial charge in [0.25, 0.3) is 0 Å². The lowest BCUT2D eigenvalue weighted by molar-refractivity contribution is 0.604. The monoisotopic (exact) mass is 842 g/mol. The number of para-hydroxylation sites is 2. The average molecular weight is 843 g/mol. The fourth-order valence-corrected chi connectivity index (χ4v) is 11.0. The molecule has 3 nitrogen and oxygen atoms in total. The molecule has 0 bridgehead atoms. The third kappa shape index (κ3) is 6.09. The van der Waals surface area contributed by atoms with Gasteiger partial charge in [0.2, 0.25) is 0 Å². The van der Waals surface area contributed by atoms with E-state index in [1.807, 2.05) is 25.2 Å². The summed E-state index contributed by atoms with van der Waals surface area (Å²) in [6, 6.07) is 56.8. The molecule has 11 rings (SSSR count). The predicted molar refractivity (Wildman–Crippen MR) is 279 cm³/mol. The van der Waals surface area contributed by atoms with Gasteiger partial charge in [0.15, 0.2) is 0 Å². The second-order valence-corrected chi connectivity index (χ2v) is 18.5. The van der Waals surface area contributed by atoms with Crippen molar-refractivity contribution in [1.29, 1.82) is 0 Å². The Balaban J connectivity index is 1.17. The predicted octanol–water partition coefficient (Wildman–Crippen LogP) is 17.8. The summed E-state index contributed by atoms with van der Waals surface area (Å²) in [4.78, 5) is 2.57. The van der Waals surface area contributed by atoms with Crippen LogP contribution in [0, 0.1) is 6.92 Å². The molecule has 1 aliphatic carbocycles. The van der Waals surface area contributed by atoms with Crippen molar-refractivity contribution in [3.8, 4) is 33.4 Å². The normalized spacial score (nSPS) is 13.6. The first kappa shape index (κ1) is 40.4. The van der Waals surface area contributed by atoms with E-state index in [9.17, 15) is 0 Å². The molecule has 0 saturated heterocycles. The molecule has 0 N–H and O–H groups in total. The molecule has 3 heteroatoms. The van der Waals surface area contributed by atoms with E-state index in [0.29, 0.717) is 5.92 Å².